The molecule has 0 atom stereocenters. The average Bonchev–Trinajstić information content (AvgIpc) is 0.722. The summed E-state index contributed by atoms with van der Waals surface area (Å²) in [4.78, 5) is 0. The van der Waals surface area contributed by atoms with Crippen LogP contribution < -0.4 is 6.15 Å². The fraction of sp³-hybridized carbons (Fsp3) is 0. The maximum Gasteiger partial charge on any atom is 2.00 e. The van der Waals surface area contributed by atoms with E-state index >= 15 is 0 Å². The first-order valence-corrected chi connectivity index (χ1v) is 2.00. The van der Waals surface area contributed by atoms with Crippen molar-refractivity contribution in [3.05, 3.63) is 0 Å². The molecular formula is H4BeNO4S+. The molecule has 0 aromatic rings. The fourth-order valence-electron chi connectivity index (χ4n) is 0. The first kappa shape index (κ1) is 15.8. The molecule has 7 heteroatoms. The van der Waals surface area contributed by atoms with Gasteiger partial charge in [-0.1, -0.05) is 0 Å². The number of hydrogen-bond donors (Lipinski definition) is 1. The normalized spacial score (nSPS) is 8.29. The van der Waals surface area contributed by atoms with Crippen LogP contribution >= 0.6 is 0 Å². The summed E-state index contributed by atoms with van der Waals surface area (Å²) in [5, 5.41) is 0. The molecule has 0 fully saturated rings. The molecule has 0 amide bonds. The molecule has 40 valence electrons. The van der Waals surface area contributed by atoms with Crippen LogP contribution in [-0.2, 0) is 10.4 Å². The second-order valence-corrected chi connectivity index (χ2v) is 1.22. The zero-order valence-electron chi connectivity index (χ0n) is 3.75. The van der Waals surface area contributed by atoms with Crippen LogP contribution in [0.2, 0.25) is 0 Å². The van der Waals surface area contributed by atoms with Gasteiger partial charge in [-0.15, -0.1) is 0 Å². The van der Waals surface area contributed by atoms with Crippen LogP contribution in [0.3, 0.4) is 0 Å². The van der Waals surface area contributed by atoms with E-state index in [1.807, 2.05) is 0 Å². The zero-order chi connectivity index (χ0) is 4.50. The van der Waals surface area contributed by atoms with Gasteiger partial charge in [0.25, 0.3) is 0 Å². The van der Waals surface area contributed by atoms with Crippen molar-refractivity contribution in [1.29, 1.82) is 0 Å². The van der Waals surface area contributed by atoms with Crippen LogP contribution in [0.4, 0.5) is 0 Å². The Labute approximate surface area is 45.1 Å². The molecule has 0 aliphatic carbocycles. The van der Waals surface area contributed by atoms with Crippen LogP contribution in [0.25, 0.3) is 0 Å². The molecule has 0 rings (SSSR count). The predicted molar refractivity (Wildman–Crippen MR) is 22.2 cm³/mol. The maximum atomic E-state index is 8.52. The third-order valence-electron chi connectivity index (χ3n) is 0. The molecule has 0 spiro atoms. The standard InChI is InChI=1S/Be.H3N.H2O4S/c;;1-5(2,3)4/h;1H3;(H2,1,2,3,4)/q+2;;/p-1. The molecule has 0 saturated carbocycles. The Hall–Kier alpha value is -0.00117. The molecule has 0 radical (unpaired) electrons. The quantitative estimate of drug-likeness (QED) is 0.243. The van der Waals surface area contributed by atoms with Crippen molar-refractivity contribution in [1.82, 2.24) is 6.15 Å². The van der Waals surface area contributed by atoms with Gasteiger partial charge in [0.15, 0.2) is 0 Å². The fourth-order valence-corrected chi connectivity index (χ4v) is 0. The minimum Gasteiger partial charge on any atom is -0.759 e. The van der Waals surface area contributed by atoms with E-state index < -0.39 is 10.4 Å². The summed E-state index contributed by atoms with van der Waals surface area (Å²) in [6.07, 6.45) is 0. The van der Waals surface area contributed by atoms with Gasteiger partial charge in [0.1, 0.15) is 0 Å². The largest absolute Gasteiger partial charge is 2.00 e. The number of hydrogen-bond acceptors (Lipinski definition) is 4. The Morgan fingerprint density at radius 3 is 1.14 bits per heavy atom. The Morgan fingerprint density at radius 2 is 1.14 bits per heavy atom. The molecule has 0 heterocycles. The summed E-state index contributed by atoms with van der Waals surface area (Å²) >= 11 is 0. The van der Waals surface area contributed by atoms with Crippen LogP contribution in [0, 0.1) is 0 Å². The van der Waals surface area contributed by atoms with Crippen LogP contribution in [0.15, 0.2) is 0 Å². The second-order valence-electron chi connectivity index (χ2n) is 0.408. The third kappa shape index (κ3) is 70200000. The monoisotopic (exact) mass is 123 g/mol. The molecule has 4 N–H and O–H groups in total. The first-order valence-electron chi connectivity index (χ1n) is 0.667. The van der Waals surface area contributed by atoms with Crippen molar-refractivity contribution in [3.8, 4) is 0 Å². The number of rotatable bonds is 0. The maximum absolute atomic E-state index is 8.52. The van der Waals surface area contributed by atoms with E-state index in [0.29, 0.717) is 0 Å². The van der Waals surface area contributed by atoms with E-state index in [2.05, 4.69) is 0 Å². The van der Waals surface area contributed by atoms with E-state index in [-0.39, 0.29) is 16.3 Å². The smallest absolute Gasteiger partial charge is 0.759 e. The molecule has 7 heavy (non-hydrogen) atoms. The minimum atomic E-state index is -5.17. The summed E-state index contributed by atoms with van der Waals surface area (Å²) in [5.41, 5.74) is 0. The van der Waals surface area contributed by atoms with Crippen molar-refractivity contribution in [3.63, 3.8) is 0 Å². The molecule has 0 saturated heterocycles. The molecule has 5 nitrogen and oxygen atoms in total. The van der Waals surface area contributed by atoms with Crippen molar-refractivity contribution in [2.75, 3.05) is 0 Å². The predicted octanol–water partition coefficient (Wildman–Crippen LogP) is -1.34. The van der Waals surface area contributed by atoms with E-state index in [1.54, 1.807) is 0 Å². The Kier molecular flexibility index (Phi) is 9.37. The Morgan fingerprint density at radius 1 is 1.14 bits per heavy atom. The Bertz CT molecular complexity index is 94.9. The van der Waals surface area contributed by atoms with Gasteiger partial charge in [-0.05, 0) is 0 Å². The minimum absolute atomic E-state index is 0. The summed E-state index contributed by atoms with van der Waals surface area (Å²) in [5.74, 6) is 0. The molecule has 0 aromatic heterocycles. The summed E-state index contributed by atoms with van der Waals surface area (Å²) in [6, 6.07) is 0. The SMILES string of the molecule is O=S(=O)([O-])[O-].[Be+2].[NH4+]. The van der Waals surface area contributed by atoms with Crippen LogP contribution in [0.1, 0.15) is 0 Å². The van der Waals surface area contributed by atoms with Crippen molar-refractivity contribution < 1.29 is 17.5 Å². The van der Waals surface area contributed by atoms with E-state index in [1.165, 1.54) is 0 Å². The first-order chi connectivity index (χ1) is 2.00. The third-order valence-corrected chi connectivity index (χ3v) is 0. The van der Waals surface area contributed by atoms with Crippen LogP contribution in [0.5, 0.6) is 0 Å². The number of quaternary nitrogens is 1. The molecule has 0 aromatic carbocycles. The van der Waals surface area contributed by atoms with Crippen molar-refractivity contribution in [2.24, 2.45) is 0 Å². The molecule has 0 aliphatic heterocycles. The zero-order valence-corrected chi connectivity index (χ0v) is 4.56. The summed E-state index contributed by atoms with van der Waals surface area (Å²) < 4.78 is 34.1. The summed E-state index contributed by atoms with van der Waals surface area (Å²) in [7, 11) is -5.17. The summed E-state index contributed by atoms with van der Waals surface area (Å²) in [6.45, 7) is 0. The van der Waals surface area contributed by atoms with Crippen LogP contribution in [-0.4, -0.2) is 27.6 Å². The van der Waals surface area contributed by atoms with E-state index in [4.69, 9.17) is 17.5 Å². The van der Waals surface area contributed by atoms with E-state index in [0.717, 1.165) is 0 Å². The van der Waals surface area contributed by atoms with Gasteiger partial charge in [-0.2, -0.15) is 0 Å². The molecule has 0 aliphatic rings. The van der Waals surface area contributed by atoms with Gasteiger partial charge >= 0.3 is 10.1 Å². The van der Waals surface area contributed by atoms with Gasteiger partial charge in [0, 0.05) is 10.4 Å². The van der Waals surface area contributed by atoms with Gasteiger partial charge in [-0.3, -0.25) is 8.42 Å². The second kappa shape index (κ2) is 4.17. The van der Waals surface area contributed by atoms with Gasteiger partial charge in [0.05, 0.1) is 0 Å². The molecular weight excluding hydrogens is 119 g/mol. The van der Waals surface area contributed by atoms with Gasteiger partial charge in [-0.25, -0.2) is 0 Å². The van der Waals surface area contributed by atoms with Gasteiger partial charge in [0.2, 0.25) is 0 Å². The van der Waals surface area contributed by atoms with Crippen molar-refractivity contribution >= 4 is 20.5 Å². The van der Waals surface area contributed by atoms with Gasteiger partial charge < -0.3 is 15.3 Å². The Balaban J connectivity index is -0.0000000800. The average molecular weight is 123 g/mol. The molecule has 0 bridgehead atoms. The molecule has 0 unspecified atom stereocenters. The van der Waals surface area contributed by atoms with E-state index in [9.17, 15) is 0 Å². The topological polar surface area (TPSA) is 117 Å². The van der Waals surface area contributed by atoms with Crippen molar-refractivity contribution in [2.45, 2.75) is 0 Å².